The number of nitrogens with one attached hydrogen (secondary N) is 1. The third-order valence-corrected chi connectivity index (χ3v) is 5.84. The van der Waals surface area contributed by atoms with Crippen LogP contribution in [0.3, 0.4) is 0 Å². The van der Waals surface area contributed by atoms with E-state index in [1.54, 1.807) is 32.1 Å². The van der Waals surface area contributed by atoms with Crippen molar-refractivity contribution < 1.29 is 23.8 Å². The largest absolute Gasteiger partial charge is 0.497 e. The van der Waals surface area contributed by atoms with Crippen molar-refractivity contribution in [2.24, 2.45) is 0 Å². The number of benzene rings is 2. The van der Waals surface area contributed by atoms with Crippen molar-refractivity contribution in [3.63, 3.8) is 0 Å². The molecule has 0 atom stereocenters. The summed E-state index contributed by atoms with van der Waals surface area (Å²) in [6.45, 7) is 3.39. The number of carbonyl (C=O) groups excluding carboxylic acids is 2. The number of amides is 2. The predicted molar refractivity (Wildman–Crippen MR) is 117 cm³/mol. The summed E-state index contributed by atoms with van der Waals surface area (Å²) in [6, 6.07) is 15.3. The monoisotopic (exact) mass is 426 g/mol. The van der Waals surface area contributed by atoms with Gasteiger partial charge in [-0.1, -0.05) is 30.3 Å². The van der Waals surface area contributed by atoms with Crippen LogP contribution in [0.25, 0.3) is 0 Å². The summed E-state index contributed by atoms with van der Waals surface area (Å²) in [5.41, 5.74) is 1.12. The maximum atomic E-state index is 13.5. The van der Waals surface area contributed by atoms with E-state index in [9.17, 15) is 9.59 Å². The first-order chi connectivity index (χ1) is 15.0. The maximum absolute atomic E-state index is 13.5. The van der Waals surface area contributed by atoms with Crippen LogP contribution in [-0.2, 0) is 21.5 Å². The van der Waals surface area contributed by atoms with Gasteiger partial charge in [-0.2, -0.15) is 0 Å². The van der Waals surface area contributed by atoms with Crippen LogP contribution in [0.1, 0.15) is 30.9 Å². The molecule has 1 aliphatic heterocycles. The molecule has 166 valence electrons. The van der Waals surface area contributed by atoms with Gasteiger partial charge in [-0.3, -0.25) is 4.79 Å². The van der Waals surface area contributed by atoms with Gasteiger partial charge in [-0.05, 0) is 37.5 Å². The number of ether oxygens (including phenoxy) is 3. The molecule has 31 heavy (non-hydrogen) atoms. The molecule has 2 aromatic rings. The van der Waals surface area contributed by atoms with Gasteiger partial charge in [-0.25, -0.2) is 4.79 Å². The molecule has 1 heterocycles. The van der Waals surface area contributed by atoms with E-state index in [1.807, 2.05) is 42.5 Å². The van der Waals surface area contributed by atoms with Crippen molar-refractivity contribution >= 4 is 12.0 Å². The van der Waals surface area contributed by atoms with E-state index in [-0.39, 0.29) is 12.0 Å². The van der Waals surface area contributed by atoms with Crippen LogP contribution in [0.2, 0.25) is 0 Å². The minimum atomic E-state index is -0.704. The first-order valence-corrected chi connectivity index (χ1v) is 10.5. The third-order valence-electron chi connectivity index (χ3n) is 5.84. The molecule has 7 heteroatoms. The lowest BCUT2D eigenvalue weighted by molar-refractivity contribution is -0.128. The Labute approximate surface area is 183 Å². The van der Waals surface area contributed by atoms with Gasteiger partial charge in [0, 0.05) is 31.3 Å². The molecule has 0 saturated carbocycles. The molecule has 1 saturated heterocycles. The van der Waals surface area contributed by atoms with Gasteiger partial charge in [0.05, 0.1) is 26.2 Å². The SMILES string of the molecule is CCOC(=O)N1CCC(C(=O)NCc2ccc(OC)cc2OC)(c2ccccc2)CC1. The number of likely N-dealkylation sites (tertiary alicyclic amines) is 1. The van der Waals surface area contributed by atoms with Crippen molar-refractivity contribution in [3.05, 3.63) is 59.7 Å². The lowest BCUT2D eigenvalue weighted by Gasteiger charge is -2.40. The first kappa shape index (κ1) is 22.5. The van der Waals surface area contributed by atoms with Crippen LogP contribution >= 0.6 is 0 Å². The van der Waals surface area contributed by atoms with Gasteiger partial charge in [-0.15, -0.1) is 0 Å². The highest BCUT2D eigenvalue weighted by molar-refractivity contribution is 5.88. The van der Waals surface area contributed by atoms with Crippen molar-refractivity contribution in [2.45, 2.75) is 31.7 Å². The third kappa shape index (κ3) is 4.93. The van der Waals surface area contributed by atoms with Gasteiger partial charge in [0.15, 0.2) is 0 Å². The Kier molecular flexibility index (Phi) is 7.39. The number of piperidine rings is 1. The number of nitrogens with zero attached hydrogens (tertiary/aromatic N) is 1. The van der Waals surface area contributed by atoms with Crippen molar-refractivity contribution in [1.82, 2.24) is 10.2 Å². The summed E-state index contributed by atoms with van der Waals surface area (Å²) in [5.74, 6) is 1.30. The van der Waals surface area contributed by atoms with Gasteiger partial charge in [0.2, 0.25) is 5.91 Å². The highest BCUT2D eigenvalue weighted by Gasteiger charge is 2.43. The van der Waals surface area contributed by atoms with Gasteiger partial charge >= 0.3 is 6.09 Å². The highest BCUT2D eigenvalue weighted by atomic mass is 16.6. The quantitative estimate of drug-likeness (QED) is 0.733. The highest BCUT2D eigenvalue weighted by Crippen LogP contribution is 2.36. The van der Waals surface area contributed by atoms with E-state index in [0.717, 1.165) is 11.1 Å². The predicted octanol–water partition coefficient (Wildman–Crippen LogP) is 3.51. The summed E-state index contributed by atoms with van der Waals surface area (Å²) >= 11 is 0. The average Bonchev–Trinajstić information content (AvgIpc) is 2.83. The summed E-state index contributed by atoms with van der Waals surface area (Å²) < 4.78 is 15.8. The molecule has 0 unspecified atom stereocenters. The van der Waals surface area contributed by atoms with Crippen molar-refractivity contribution in [1.29, 1.82) is 0 Å². The van der Waals surface area contributed by atoms with Gasteiger partial charge in [0.1, 0.15) is 11.5 Å². The van der Waals surface area contributed by atoms with Crippen LogP contribution in [0.5, 0.6) is 11.5 Å². The van der Waals surface area contributed by atoms with E-state index in [1.165, 1.54) is 0 Å². The number of carbonyl (C=O) groups is 2. The molecule has 0 aromatic heterocycles. The standard InChI is InChI=1S/C24H30N2O5/c1-4-31-23(28)26-14-12-24(13-15-26,19-8-6-5-7-9-19)22(27)25-17-18-10-11-20(29-2)16-21(18)30-3/h5-11,16H,4,12-15,17H2,1-3H3,(H,25,27). The van der Waals surface area contributed by atoms with Crippen LogP contribution in [-0.4, -0.2) is 50.8 Å². The molecule has 0 aliphatic carbocycles. The fourth-order valence-corrected chi connectivity index (χ4v) is 4.03. The lowest BCUT2D eigenvalue weighted by atomic mass is 9.72. The number of methoxy groups -OCH3 is 2. The molecule has 1 fully saturated rings. The summed E-state index contributed by atoms with van der Waals surface area (Å²) in [7, 11) is 3.19. The molecule has 2 aromatic carbocycles. The van der Waals surface area contributed by atoms with Crippen LogP contribution < -0.4 is 14.8 Å². The molecule has 0 radical (unpaired) electrons. The topological polar surface area (TPSA) is 77.1 Å². The maximum Gasteiger partial charge on any atom is 0.409 e. The molecule has 3 rings (SSSR count). The van der Waals surface area contributed by atoms with E-state index >= 15 is 0 Å². The fourth-order valence-electron chi connectivity index (χ4n) is 4.03. The Balaban J connectivity index is 1.78. The van der Waals surface area contributed by atoms with Crippen LogP contribution in [0.15, 0.2) is 48.5 Å². The van der Waals surface area contributed by atoms with Crippen LogP contribution in [0.4, 0.5) is 4.79 Å². The first-order valence-electron chi connectivity index (χ1n) is 10.5. The normalized spacial score (nSPS) is 15.1. The molecule has 0 spiro atoms. The molecule has 1 N–H and O–H groups in total. The van der Waals surface area contributed by atoms with Crippen molar-refractivity contribution in [2.75, 3.05) is 33.9 Å². The van der Waals surface area contributed by atoms with E-state index < -0.39 is 5.41 Å². The van der Waals surface area contributed by atoms with Gasteiger partial charge < -0.3 is 24.4 Å². The Bertz CT molecular complexity index is 892. The zero-order valence-electron chi connectivity index (χ0n) is 18.3. The number of hydrogen-bond acceptors (Lipinski definition) is 5. The minimum absolute atomic E-state index is 0.0555. The lowest BCUT2D eigenvalue weighted by Crippen LogP contribution is -2.52. The Hall–Kier alpha value is -3.22. The smallest absolute Gasteiger partial charge is 0.409 e. The van der Waals surface area contributed by atoms with Crippen LogP contribution in [0, 0.1) is 0 Å². The zero-order chi connectivity index (χ0) is 22.3. The Morgan fingerprint density at radius 1 is 1.03 bits per heavy atom. The van der Waals surface area contributed by atoms with E-state index in [0.29, 0.717) is 50.6 Å². The van der Waals surface area contributed by atoms with E-state index in [4.69, 9.17) is 14.2 Å². The fraction of sp³-hybridized carbons (Fsp3) is 0.417. The molecule has 0 bridgehead atoms. The molecular weight excluding hydrogens is 396 g/mol. The number of rotatable bonds is 7. The zero-order valence-corrected chi connectivity index (χ0v) is 18.3. The second-order valence-electron chi connectivity index (χ2n) is 7.49. The molecule has 2 amide bonds. The summed E-state index contributed by atoms with van der Waals surface area (Å²) in [6.07, 6.45) is 0.732. The second kappa shape index (κ2) is 10.2. The summed E-state index contributed by atoms with van der Waals surface area (Å²) in [5, 5.41) is 3.09. The number of hydrogen-bond donors (Lipinski definition) is 1. The minimum Gasteiger partial charge on any atom is -0.497 e. The molecule has 7 nitrogen and oxygen atoms in total. The Morgan fingerprint density at radius 2 is 1.74 bits per heavy atom. The molecule has 1 aliphatic rings. The van der Waals surface area contributed by atoms with Gasteiger partial charge in [0.25, 0.3) is 0 Å². The van der Waals surface area contributed by atoms with Crippen molar-refractivity contribution in [3.8, 4) is 11.5 Å². The van der Waals surface area contributed by atoms with E-state index in [2.05, 4.69) is 5.32 Å². The second-order valence-corrected chi connectivity index (χ2v) is 7.49. The Morgan fingerprint density at radius 3 is 2.35 bits per heavy atom. The molecular formula is C24H30N2O5. The average molecular weight is 427 g/mol. The summed E-state index contributed by atoms with van der Waals surface area (Å²) in [4.78, 5) is 27.3.